The molecule has 0 aliphatic heterocycles. The van der Waals surface area contributed by atoms with E-state index in [-0.39, 0.29) is 5.92 Å². The standard InChI is InChI=1S/C19H19NO2S/c1-15(16-7-3-2-4-8-16)14-20-23(21,22)19-12-11-17-9-5-6-10-18(17)13-19/h2-13,15,20H,14H2,1H3/t15-/m0/s1. The molecule has 0 bridgehead atoms. The van der Waals surface area contributed by atoms with Gasteiger partial charge in [0.05, 0.1) is 4.90 Å². The Kier molecular flexibility index (Phi) is 4.46. The van der Waals surface area contributed by atoms with Crippen molar-refractivity contribution in [2.24, 2.45) is 0 Å². The minimum absolute atomic E-state index is 0.117. The Balaban J connectivity index is 1.78. The van der Waals surface area contributed by atoms with Crippen LogP contribution in [0, 0.1) is 0 Å². The first-order valence-electron chi connectivity index (χ1n) is 7.60. The maximum Gasteiger partial charge on any atom is 0.240 e. The van der Waals surface area contributed by atoms with E-state index in [1.54, 1.807) is 12.1 Å². The van der Waals surface area contributed by atoms with Crippen molar-refractivity contribution in [1.29, 1.82) is 0 Å². The summed E-state index contributed by atoms with van der Waals surface area (Å²) < 4.78 is 27.7. The summed E-state index contributed by atoms with van der Waals surface area (Å²) in [7, 11) is -3.50. The van der Waals surface area contributed by atoms with Crippen LogP contribution in [0.25, 0.3) is 10.8 Å². The summed E-state index contributed by atoms with van der Waals surface area (Å²) >= 11 is 0. The average molecular weight is 325 g/mol. The predicted octanol–water partition coefficient (Wildman–Crippen LogP) is 3.92. The molecule has 0 radical (unpaired) electrons. The molecule has 23 heavy (non-hydrogen) atoms. The molecule has 0 fully saturated rings. The van der Waals surface area contributed by atoms with Gasteiger partial charge in [-0.05, 0) is 34.4 Å². The van der Waals surface area contributed by atoms with Crippen molar-refractivity contribution in [2.45, 2.75) is 17.7 Å². The van der Waals surface area contributed by atoms with Gasteiger partial charge in [0.15, 0.2) is 0 Å². The molecule has 1 atom stereocenters. The van der Waals surface area contributed by atoms with Crippen LogP contribution in [0.15, 0.2) is 77.7 Å². The van der Waals surface area contributed by atoms with Gasteiger partial charge in [-0.25, -0.2) is 13.1 Å². The highest BCUT2D eigenvalue weighted by molar-refractivity contribution is 7.89. The highest BCUT2D eigenvalue weighted by atomic mass is 32.2. The van der Waals surface area contributed by atoms with Crippen LogP contribution in [0.2, 0.25) is 0 Å². The number of benzene rings is 3. The van der Waals surface area contributed by atoms with Crippen LogP contribution in [0.4, 0.5) is 0 Å². The van der Waals surface area contributed by atoms with Gasteiger partial charge < -0.3 is 0 Å². The molecule has 0 aliphatic carbocycles. The third-order valence-corrected chi connectivity index (χ3v) is 5.40. The summed E-state index contributed by atoms with van der Waals surface area (Å²) in [5.41, 5.74) is 1.12. The smallest absolute Gasteiger partial charge is 0.211 e. The third kappa shape index (κ3) is 3.60. The van der Waals surface area contributed by atoms with Gasteiger partial charge in [-0.3, -0.25) is 0 Å². The largest absolute Gasteiger partial charge is 0.240 e. The van der Waals surface area contributed by atoms with Crippen molar-refractivity contribution in [1.82, 2.24) is 4.72 Å². The molecule has 3 aromatic carbocycles. The molecule has 3 aromatic rings. The molecule has 0 heterocycles. The van der Waals surface area contributed by atoms with Gasteiger partial charge >= 0.3 is 0 Å². The number of hydrogen-bond donors (Lipinski definition) is 1. The van der Waals surface area contributed by atoms with E-state index in [0.717, 1.165) is 16.3 Å². The summed E-state index contributed by atoms with van der Waals surface area (Å²) in [5, 5.41) is 1.95. The molecule has 0 aliphatic rings. The zero-order valence-electron chi connectivity index (χ0n) is 12.9. The Morgan fingerprint density at radius 2 is 1.52 bits per heavy atom. The predicted molar refractivity (Wildman–Crippen MR) is 94.0 cm³/mol. The molecule has 0 unspecified atom stereocenters. The van der Waals surface area contributed by atoms with Crippen molar-refractivity contribution in [3.05, 3.63) is 78.4 Å². The van der Waals surface area contributed by atoms with Crippen molar-refractivity contribution in [2.75, 3.05) is 6.54 Å². The van der Waals surface area contributed by atoms with Gasteiger partial charge in [0, 0.05) is 6.54 Å². The Morgan fingerprint density at radius 3 is 2.26 bits per heavy atom. The van der Waals surface area contributed by atoms with Crippen molar-refractivity contribution < 1.29 is 8.42 Å². The minimum atomic E-state index is -3.50. The molecule has 0 saturated heterocycles. The van der Waals surface area contributed by atoms with Gasteiger partial charge in [-0.15, -0.1) is 0 Å². The summed E-state index contributed by atoms with van der Waals surface area (Å²) in [4.78, 5) is 0.302. The molecule has 118 valence electrons. The third-order valence-electron chi connectivity index (χ3n) is 3.98. The lowest BCUT2D eigenvalue weighted by Crippen LogP contribution is -2.27. The number of sulfonamides is 1. The fraction of sp³-hybridized carbons (Fsp3) is 0.158. The van der Waals surface area contributed by atoms with Gasteiger partial charge in [0.25, 0.3) is 0 Å². The van der Waals surface area contributed by atoms with Crippen molar-refractivity contribution in [3.8, 4) is 0 Å². The second kappa shape index (κ2) is 6.52. The fourth-order valence-electron chi connectivity index (χ4n) is 2.55. The van der Waals surface area contributed by atoms with Gasteiger partial charge in [-0.1, -0.05) is 67.6 Å². The number of nitrogens with one attached hydrogen (secondary N) is 1. The lowest BCUT2D eigenvalue weighted by molar-refractivity contribution is 0.575. The molecule has 0 saturated carbocycles. The lowest BCUT2D eigenvalue weighted by atomic mass is 10.0. The lowest BCUT2D eigenvalue weighted by Gasteiger charge is -2.13. The Bertz CT molecular complexity index is 905. The van der Waals surface area contributed by atoms with Gasteiger partial charge in [0.1, 0.15) is 0 Å². The second-order valence-corrected chi connectivity index (χ2v) is 7.44. The van der Waals surface area contributed by atoms with E-state index in [4.69, 9.17) is 0 Å². The first-order chi connectivity index (χ1) is 11.1. The molecule has 4 heteroatoms. The van der Waals surface area contributed by atoms with E-state index in [1.807, 2.05) is 67.6 Å². The molecular weight excluding hydrogens is 306 g/mol. The minimum Gasteiger partial charge on any atom is -0.211 e. The highest BCUT2D eigenvalue weighted by Crippen LogP contribution is 2.20. The van der Waals surface area contributed by atoms with E-state index in [1.165, 1.54) is 0 Å². The molecular formula is C19H19NO2S. The molecule has 0 spiro atoms. The Labute approximate surface area is 137 Å². The normalized spacial score (nSPS) is 13.1. The van der Waals surface area contributed by atoms with Gasteiger partial charge in [0.2, 0.25) is 10.0 Å². The SMILES string of the molecule is C[C@@H](CNS(=O)(=O)c1ccc2ccccc2c1)c1ccccc1. The van der Waals surface area contributed by atoms with Crippen LogP contribution < -0.4 is 4.72 Å². The van der Waals surface area contributed by atoms with Crippen LogP contribution in [0.5, 0.6) is 0 Å². The number of fused-ring (bicyclic) bond motifs is 1. The highest BCUT2D eigenvalue weighted by Gasteiger charge is 2.16. The molecule has 0 amide bonds. The topological polar surface area (TPSA) is 46.2 Å². The maximum absolute atomic E-state index is 12.5. The average Bonchev–Trinajstić information content (AvgIpc) is 2.60. The summed E-state index contributed by atoms with van der Waals surface area (Å²) in [6, 6.07) is 22.8. The van der Waals surface area contributed by atoms with E-state index in [0.29, 0.717) is 11.4 Å². The zero-order chi connectivity index (χ0) is 16.3. The van der Waals surface area contributed by atoms with Crippen LogP contribution in [0.1, 0.15) is 18.4 Å². The number of hydrogen-bond acceptors (Lipinski definition) is 2. The molecule has 1 N–H and O–H groups in total. The van der Waals surface area contributed by atoms with E-state index >= 15 is 0 Å². The van der Waals surface area contributed by atoms with Crippen LogP contribution in [0.3, 0.4) is 0 Å². The maximum atomic E-state index is 12.5. The number of rotatable bonds is 5. The molecule has 3 rings (SSSR count). The summed E-state index contributed by atoms with van der Waals surface area (Å²) in [5.74, 6) is 0.117. The van der Waals surface area contributed by atoms with Crippen LogP contribution in [-0.2, 0) is 10.0 Å². The van der Waals surface area contributed by atoms with Crippen molar-refractivity contribution >= 4 is 20.8 Å². The zero-order valence-corrected chi connectivity index (χ0v) is 13.8. The van der Waals surface area contributed by atoms with E-state index in [9.17, 15) is 8.42 Å². The first-order valence-corrected chi connectivity index (χ1v) is 9.08. The van der Waals surface area contributed by atoms with Crippen molar-refractivity contribution in [3.63, 3.8) is 0 Å². The second-order valence-electron chi connectivity index (χ2n) is 5.67. The van der Waals surface area contributed by atoms with Crippen LogP contribution >= 0.6 is 0 Å². The Hall–Kier alpha value is -2.17. The molecule has 0 aromatic heterocycles. The van der Waals surface area contributed by atoms with Gasteiger partial charge in [-0.2, -0.15) is 0 Å². The molecule has 3 nitrogen and oxygen atoms in total. The Morgan fingerprint density at radius 1 is 0.870 bits per heavy atom. The fourth-order valence-corrected chi connectivity index (χ4v) is 3.72. The monoisotopic (exact) mass is 325 g/mol. The summed E-state index contributed by atoms with van der Waals surface area (Å²) in [6.45, 7) is 2.39. The first kappa shape index (κ1) is 15.7. The van der Waals surface area contributed by atoms with Crippen LogP contribution in [-0.4, -0.2) is 15.0 Å². The quantitative estimate of drug-likeness (QED) is 0.773. The van der Waals surface area contributed by atoms with E-state index in [2.05, 4.69) is 4.72 Å². The summed E-state index contributed by atoms with van der Waals surface area (Å²) in [6.07, 6.45) is 0. The van der Waals surface area contributed by atoms with E-state index < -0.39 is 10.0 Å².